The maximum Gasteiger partial charge on any atom is 0.191 e. The molecule has 0 radical (unpaired) electrons. The van der Waals surface area contributed by atoms with Crippen molar-refractivity contribution in [2.75, 3.05) is 13.7 Å². The highest BCUT2D eigenvalue weighted by atomic mass is 32.1. The van der Waals surface area contributed by atoms with Gasteiger partial charge in [0.2, 0.25) is 0 Å². The number of benzene rings is 1. The summed E-state index contributed by atoms with van der Waals surface area (Å²) >= 11 is 5.56. The van der Waals surface area contributed by atoms with Crippen LogP contribution in [0.4, 0.5) is 0 Å². The van der Waals surface area contributed by atoms with E-state index in [1.54, 1.807) is 0 Å². The topological polar surface area (TPSA) is 33.7 Å². The van der Waals surface area contributed by atoms with E-state index in [4.69, 9.17) is 21.4 Å². The van der Waals surface area contributed by atoms with Crippen LogP contribution in [0.1, 0.15) is 39.3 Å². The van der Waals surface area contributed by atoms with Crippen LogP contribution in [0.3, 0.4) is 0 Å². The molecular formula is C19H30N2O2SSi. The SMILES string of the molecule is CN1C(=S)N[C@@H]2c3ccccc3O[C@@]1(C)[C@@H]2CO[Si](C)(C)C(C)(C)C. The summed E-state index contributed by atoms with van der Waals surface area (Å²) in [6, 6.07) is 8.35. The van der Waals surface area contributed by atoms with Gasteiger partial charge in [-0.2, -0.15) is 0 Å². The van der Waals surface area contributed by atoms with E-state index < -0.39 is 14.0 Å². The molecule has 25 heavy (non-hydrogen) atoms. The van der Waals surface area contributed by atoms with E-state index in [-0.39, 0.29) is 17.0 Å². The maximum absolute atomic E-state index is 6.58. The molecule has 3 rings (SSSR count). The summed E-state index contributed by atoms with van der Waals surface area (Å²) in [6.07, 6.45) is 0. The van der Waals surface area contributed by atoms with Crippen LogP contribution in [0.15, 0.2) is 24.3 Å². The minimum atomic E-state index is -1.83. The molecule has 1 saturated heterocycles. The fraction of sp³-hybridized carbons (Fsp3) is 0.632. The molecule has 2 aliphatic rings. The standard InChI is InChI=1S/C19H30N2O2SSi/c1-18(2,3)25(6,7)22-12-14-16-13-10-8-9-11-15(13)23-19(14,4)21(5)17(24)20-16/h8-11,14,16H,12H2,1-7H3,(H,20,24)/t14-,16-,19+/m1/s1. The molecule has 6 heteroatoms. The number of fused-ring (bicyclic) bond motifs is 4. The van der Waals surface area contributed by atoms with Gasteiger partial charge in [-0.3, -0.25) is 0 Å². The van der Waals surface area contributed by atoms with Crippen molar-refractivity contribution in [2.24, 2.45) is 5.92 Å². The van der Waals surface area contributed by atoms with Gasteiger partial charge in [0.15, 0.2) is 19.2 Å². The largest absolute Gasteiger partial charge is 0.467 e. The summed E-state index contributed by atoms with van der Waals surface area (Å²) in [5.74, 6) is 1.09. The Balaban J connectivity index is 1.95. The lowest BCUT2D eigenvalue weighted by Gasteiger charge is -2.56. The molecule has 0 saturated carbocycles. The second-order valence-electron chi connectivity index (χ2n) is 8.86. The normalized spacial score (nSPS) is 28.9. The van der Waals surface area contributed by atoms with Crippen molar-refractivity contribution in [3.8, 4) is 5.75 Å². The first-order valence-corrected chi connectivity index (χ1v) is 12.3. The average molecular weight is 379 g/mol. The number of nitrogens with zero attached hydrogens (tertiary/aromatic N) is 1. The van der Waals surface area contributed by atoms with Crippen molar-refractivity contribution in [3.63, 3.8) is 0 Å². The highest BCUT2D eigenvalue weighted by Gasteiger charge is 2.54. The minimum absolute atomic E-state index is 0.114. The summed E-state index contributed by atoms with van der Waals surface area (Å²) in [5, 5.41) is 4.43. The zero-order valence-electron chi connectivity index (χ0n) is 16.3. The number of rotatable bonds is 3. The van der Waals surface area contributed by atoms with Gasteiger partial charge in [0, 0.05) is 19.2 Å². The average Bonchev–Trinajstić information content (AvgIpc) is 2.51. The molecule has 0 amide bonds. The molecule has 1 aromatic carbocycles. The Morgan fingerprint density at radius 1 is 1.32 bits per heavy atom. The van der Waals surface area contributed by atoms with Gasteiger partial charge < -0.3 is 19.4 Å². The summed E-state index contributed by atoms with van der Waals surface area (Å²) in [5.41, 5.74) is 0.656. The van der Waals surface area contributed by atoms with Gasteiger partial charge in [-0.1, -0.05) is 39.0 Å². The van der Waals surface area contributed by atoms with E-state index in [1.165, 1.54) is 5.56 Å². The van der Waals surface area contributed by atoms with Crippen LogP contribution in [0.2, 0.25) is 18.1 Å². The Labute approximate surface area is 158 Å². The van der Waals surface area contributed by atoms with Crippen LogP contribution in [0.5, 0.6) is 5.75 Å². The first-order chi connectivity index (χ1) is 11.5. The number of nitrogens with one attached hydrogen (secondary N) is 1. The predicted octanol–water partition coefficient (Wildman–Crippen LogP) is 4.29. The first kappa shape index (κ1) is 18.7. The van der Waals surface area contributed by atoms with E-state index in [0.29, 0.717) is 6.61 Å². The quantitative estimate of drug-likeness (QED) is 0.627. The van der Waals surface area contributed by atoms with Crippen molar-refractivity contribution < 1.29 is 9.16 Å². The van der Waals surface area contributed by atoms with E-state index in [9.17, 15) is 0 Å². The first-order valence-electron chi connectivity index (χ1n) is 8.93. The molecule has 1 fully saturated rings. The van der Waals surface area contributed by atoms with Crippen molar-refractivity contribution in [3.05, 3.63) is 29.8 Å². The van der Waals surface area contributed by atoms with Crippen LogP contribution in [0, 0.1) is 5.92 Å². The number of para-hydroxylation sites is 1. The Morgan fingerprint density at radius 2 is 1.96 bits per heavy atom. The molecular weight excluding hydrogens is 348 g/mol. The maximum atomic E-state index is 6.58. The van der Waals surface area contributed by atoms with Crippen LogP contribution in [-0.4, -0.2) is 37.7 Å². The molecule has 138 valence electrons. The number of thiocarbonyl (C=S) groups is 1. The van der Waals surface area contributed by atoms with Gasteiger partial charge in [-0.05, 0) is 43.3 Å². The van der Waals surface area contributed by atoms with Gasteiger partial charge in [0.05, 0.1) is 12.0 Å². The van der Waals surface area contributed by atoms with E-state index in [1.807, 2.05) is 24.1 Å². The highest BCUT2D eigenvalue weighted by molar-refractivity contribution is 7.80. The highest BCUT2D eigenvalue weighted by Crippen LogP contribution is 2.48. The summed E-state index contributed by atoms with van der Waals surface area (Å²) < 4.78 is 13.1. The molecule has 1 N–H and O–H groups in total. The van der Waals surface area contributed by atoms with Crippen molar-refractivity contribution in [1.82, 2.24) is 10.2 Å². The summed E-state index contributed by atoms with van der Waals surface area (Å²) in [7, 11) is 0.164. The second kappa shape index (κ2) is 5.96. The van der Waals surface area contributed by atoms with Gasteiger partial charge in [-0.15, -0.1) is 0 Å². The Hall–Kier alpha value is -1.11. The number of ether oxygens (including phenoxy) is 1. The van der Waals surface area contributed by atoms with Crippen LogP contribution in [0.25, 0.3) is 0 Å². The fourth-order valence-corrected chi connectivity index (χ4v) is 4.68. The van der Waals surface area contributed by atoms with Crippen LogP contribution in [-0.2, 0) is 4.43 Å². The smallest absolute Gasteiger partial charge is 0.191 e. The third-order valence-corrected chi connectivity index (χ3v) is 11.2. The molecule has 2 heterocycles. The zero-order chi connectivity index (χ0) is 18.6. The van der Waals surface area contributed by atoms with E-state index >= 15 is 0 Å². The third kappa shape index (κ3) is 2.98. The zero-order valence-corrected chi connectivity index (χ0v) is 18.2. The molecule has 1 aromatic rings. The lowest BCUT2D eigenvalue weighted by Crippen LogP contribution is -2.69. The van der Waals surface area contributed by atoms with E-state index in [2.05, 4.69) is 58.2 Å². The van der Waals surface area contributed by atoms with Crippen LogP contribution >= 0.6 is 12.2 Å². The van der Waals surface area contributed by atoms with Gasteiger partial charge in [0.1, 0.15) is 5.75 Å². The lowest BCUT2D eigenvalue weighted by molar-refractivity contribution is -0.119. The molecule has 0 aliphatic carbocycles. The molecule has 0 aromatic heterocycles. The summed E-state index contributed by atoms with van der Waals surface area (Å²) in [4.78, 5) is 2.04. The lowest BCUT2D eigenvalue weighted by atomic mass is 9.80. The van der Waals surface area contributed by atoms with Crippen molar-refractivity contribution in [2.45, 2.75) is 57.6 Å². The molecule has 4 nitrogen and oxygen atoms in total. The third-order valence-electron chi connectivity index (χ3n) is 6.34. The van der Waals surface area contributed by atoms with Gasteiger partial charge in [-0.25, -0.2) is 0 Å². The second-order valence-corrected chi connectivity index (χ2v) is 14.1. The Kier molecular flexibility index (Phi) is 4.45. The molecule has 0 spiro atoms. The fourth-order valence-electron chi connectivity index (χ4n) is 3.35. The predicted molar refractivity (Wildman–Crippen MR) is 108 cm³/mol. The van der Waals surface area contributed by atoms with Gasteiger partial charge in [0.25, 0.3) is 0 Å². The van der Waals surface area contributed by atoms with Gasteiger partial charge >= 0.3 is 0 Å². The van der Waals surface area contributed by atoms with E-state index in [0.717, 1.165) is 10.9 Å². The minimum Gasteiger partial charge on any atom is -0.467 e. The molecule has 0 unspecified atom stereocenters. The summed E-state index contributed by atoms with van der Waals surface area (Å²) in [6.45, 7) is 14.2. The number of hydrogen-bond donors (Lipinski definition) is 1. The Morgan fingerprint density at radius 3 is 2.60 bits per heavy atom. The number of hydrogen-bond acceptors (Lipinski definition) is 3. The van der Waals surface area contributed by atoms with Crippen molar-refractivity contribution >= 4 is 25.6 Å². The molecule has 2 aliphatic heterocycles. The molecule has 3 atom stereocenters. The van der Waals surface area contributed by atoms with Crippen LogP contribution < -0.4 is 10.1 Å². The van der Waals surface area contributed by atoms with Crippen molar-refractivity contribution in [1.29, 1.82) is 0 Å². The molecule has 2 bridgehead atoms. The monoisotopic (exact) mass is 378 g/mol. The Bertz CT molecular complexity index is 688.